The third kappa shape index (κ3) is 34.8. The zero-order valence-electron chi connectivity index (χ0n) is 57.4. The maximum absolute atomic E-state index is 12.7. The van der Waals surface area contributed by atoms with Gasteiger partial charge in [0.2, 0.25) is 53.2 Å². The van der Waals surface area contributed by atoms with Crippen LogP contribution in [0.25, 0.3) is 0 Å². The van der Waals surface area contributed by atoms with Gasteiger partial charge in [-0.25, -0.2) is 0 Å². The highest BCUT2D eigenvalue weighted by Crippen LogP contribution is 2.26. The molecule has 0 radical (unpaired) electrons. The molecule has 0 aliphatic carbocycles. The minimum Gasteiger partial charge on any atom is -0.394 e. The SMILES string of the molecule is CNC(COCCC(=O)NCCCNC(=O)CCCCOC1OC(CO)C(O)C(O)C1NC(C)=O)(COCCC(=O)NCCCNC(=O)CCCCOC1OC(CO)C(O)C(O)C1NC(C)=O)COCCC(=O)NCCCNC(=O)CCCCOC1OC(CO)C(O)C(O)C1NC(C)=O. The van der Waals surface area contributed by atoms with Crippen LogP contribution < -0.4 is 53.2 Å². The minimum atomic E-state index is -1.44. The second-order valence-corrected chi connectivity index (χ2v) is 24.4. The number of carbonyl (C=O) groups excluding carboxylic acids is 9. The first-order valence-corrected chi connectivity index (χ1v) is 33.9. The van der Waals surface area contributed by atoms with Crippen LogP contribution in [0.4, 0.5) is 0 Å². The molecule has 3 aliphatic rings. The lowest BCUT2D eigenvalue weighted by molar-refractivity contribution is -0.270. The van der Waals surface area contributed by atoms with E-state index in [-0.39, 0.29) is 153 Å². The van der Waals surface area contributed by atoms with Gasteiger partial charge < -0.3 is 142 Å². The van der Waals surface area contributed by atoms with Crippen LogP contribution in [0, 0.1) is 0 Å². The molecule has 3 rings (SSSR count). The molecule has 19 N–H and O–H groups in total. The summed E-state index contributed by atoms with van der Waals surface area (Å²) >= 11 is 0. The molecule has 37 heteroatoms. The van der Waals surface area contributed by atoms with Crippen molar-refractivity contribution in [1.82, 2.24) is 53.2 Å². The molecule has 3 fully saturated rings. The van der Waals surface area contributed by atoms with Crippen molar-refractivity contribution in [3.63, 3.8) is 0 Å². The lowest BCUT2D eigenvalue weighted by Crippen LogP contribution is -2.64. The number of rotatable bonds is 52. The Labute approximate surface area is 576 Å². The van der Waals surface area contributed by atoms with Crippen molar-refractivity contribution in [2.75, 3.05) is 126 Å². The maximum atomic E-state index is 12.7. The molecule has 9 amide bonds. The first-order valence-electron chi connectivity index (χ1n) is 33.9. The summed E-state index contributed by atoms with van der Waals surface area (Å²) in [4.78, 5) is 111. The van der Waals surface area contributed by atoms with E-state index in [1.54, 1.807) is 7.05 Å². The van der Waals surface area contributed by atoms with Gasteiger partial charge in [0.15, 0.2) is 18.9 Å². The van der Waals surface area contributed by atoms with Gasteiger partial charge in [0, 0.05) is 118 Å². The van der Waals surface area contributed by atoms with Crippen molar-refractivity contribution in [2.24, 2.45) is 0 Å². The van der Waals surface area contributed by atoms with Gasteiger partial charge in [-0.15, -0.1) is 0 Å². The Morgan fingerprint density at radius 3 is 0.808 bits per heavy atom. The fourth-order valence-electron chi connectivity index (χ4n) is 10.4. The van der Waals surface area contributed by atoms with E-state index < -0.39 is 135 Å². The van der Waals surface area contributed by atoms with Crippen molar-refractivity contribution in [2.45, 2.75) is 215 Å². The van der Waals surface area contributed by atoms with Gasteiger partial charge in [0.1, 0.15) is 73.1 Å². The van der Waals surface area contributed by atoms with Gasteiger partial charge >= 0.3 is 0 Å². The number of unbranched alkanes of at least 4 members (excludes halogenated alkanes) is 3. The predicted molar refractivity (Wildman–Crippen MR) is 346 cm³/mol. The molecule has 0 saturated carbocycles. The first kappa shape index (κ1) is 87.7. The number of ether oxygens (including phenoxy) is 9. The third-order valence-electron chi connectivity index (χ3n) is 16.1. The fraction of sp³-hybridized carbons (Fsp3) is 0.855. The van der Waals surface area contributed by atoms with Crippen molar-refractivity contribution < 1.29 is 132 Å². The lowest BCUT2D eigenvalue weighted by atomic mass is 9.97. The minimum absolute atomic E-state index is 0.00567. The zero-order chi connectivity index (χ0) is 73.1. The van der Waals surface area contributed by atoms with Crippen LogP contribution >= 0.6 is 0 Å². The van der Waals surface area contributed by atoms with Crippen molar-refractivity contribution in [3.8, 4) is 0 Å². The Bertz CT molecular complexity index is 2130. The number of carbonyl (C=O) groups is 9. The molecule has 0 bridgehead atoms. The van der Waals surface area contributed by atoms with Crippen LogP contribution in [0.15, 0.2) is 0 Å². The van der Waals surface area contributed by atoms with Crippen LogP contribution in [0.1, 0.15) is 117 Å². The molecule has 0 aromatic rings. The zero-order valence-corrected chi connectivity index (χ0v) is 57.4. The topological polar surface area (TPSA) is 539 Å². The highest BCUT2D eigenvalue weighted by atomic mass is 16.7. The second kappa shape index (κ2) is 49.9. The molecule has 15 unspecified atom stereocenters. The molecule has 0 aromatic heterocycles. The van der Waals surface area contributed by atoms with Gasteiger partial charge in [-0.05, 0) is 64.8 Å². The number of hydrogen-bond acceptors (Lipinski definition) is 28. The van der Waals surface area contributed by atoms with E-state index in [2.05, 4.69) is 53.2 Å². The summed E-state index contributed by atoms with van der Waals surface area (Å²) in [5.41, 5.74) is -0.999. The Morgan fingerprint density at radius 2 is 0.586 bits per heavy atom. The molecule has 37 nitrogen and oxygen atoms in total. The maximum Gasteiger partial charge on any atom is 0.222 e. The van der Waals surface area contributed by atoms with Gasteiger partial charge in [0.25, 0.3) is 0 Å². The number of likely N-dealkylation sites (N-methyl/N-ethyl adjacent to an activating group) is 1. The van der Waals surface area contributed by atoms with Crippen LogP contribution in [-0.4, -0.2) is 322 Å². The Balaban J connectivity index is 1.36. The number of aliphatic hydroxyl groups excluding tert-OH is 9. The van der Waals surface area contributed by atoms with Crippen molar-refractivity contribution in [1.29, 1.82) is 0 Å². The summed E-state index contributed by atoms with van der Waals surface area (Å²) in [5, 5.41) is 118. The van der Waals surface area contributed by atoms with Gasteiger partial charge in [-0.2, -0.15) is 0 Å². The number of hydrogen-bond donors (Lipinski definition) is 19. The monoisotopic (exact) mass is 1430 g/mol. The predicted octanol–water partition coefficient (Wildman–Crippen LogP) is -7.58. The highest BCUT2D eigenvalue weighted by molar-refractivity contribution is 5.78. The summed E-state index contributed by atoms with van der Waals surface area (Å²) in [6, 6.07) is -3.22. The van der Waals surface area contributed by atoms with E-state index in [0.29, 0.717) is 77.4 Å². The normalized spacial score (nSPS) is 25.8. The molecule has 3 heterocycles. The van der Waals surface area contributed by atoms with Gasteiger partial charge in [-0.3, -0.25) is 43.2 Å². The average Bonchev–Trinajstić information content (AvgIpc) is 0.824. The Hall–Kier alpha value is -5.53. The van der Waals surface area contributed by atoms with Crippen molar-refractivity contribution >= 4 is 53.2 Å². The molecule has 572 valence electrons. The molecule has 15 atom stereocenters. The second-order valence-electron chi connectivity index (χ2n) is 24.4. The van der Waals surface area contributed by atoms with Gasteiger partial charge in [0.05, 0.1) is 65.0 Å². The summed E-state index contributed by atoms with van der Waals surface area (Å²) in [6.45, 7) is 3.94. The highest BCUT2D eigenvalue weighted by Gasteiger charge is 2.48. The van der Waals surface area contributed by atoms with Crippen LogP contribution in [0.5, 0.6) is 0 Å². The van der Waals surface area contributed by atoms with Crippen molar-refractivity contribution in [3.05, 3.63) is 0 Å². The van der Waals surface area contributed by atoms with E-state index >= 15 is 0 Å². The quantitative estimate of drug-likeness (QED) is 0.0252. The summed E-state index contributed by atoms with van der Waals surface area (Å²) in [6.07, 6.45) is -11.0. The molecular formula is C62H112N10O27. The molecule has 0 spiro atoms. The third-order valence-corrected chi connectivity index (χ3v) is 16.1. The van der Waals surface area contributed by atoms with E-state index in [0.717, 1.165) is 0 Å². The van der Waals surface area contributed by atoms with Gasteiger partial charge in [-0.1, -0.05) is 0 Å². The molecule has 3 aliphatic heterocycles. The molecule has 3 saturated heterocycles. The first-order chi connectivity index (χ1) is 47.4. The fourth-order valence-corrected chi connectivity index (χ4v) is 10.4. The summed E-state index contributed by atoms with van der Waals surface area (Å²) in [7, 11) is 1.66. The standard InChI is InChI=1S/C62H112N10O27/c1-38(76)70-50-56(88)53(85)41(32-73)97-59(50)94-26-8-5-14-44(79)64-20-11-23-67-47(82)17-29-91-35-62(63-4,36-92-30-18-48(83)68-24-12-21-65-45(80)15-6-9-27-95-60-51(71-39(2)77)57(89)54(86)42(33-74)98-60)37-93-31-19-49(84)69-25-13-22-66-46(81)16-7-10-28-96-61-52(72-40(3)78)58(90)55(87)43(34-75)99-61/h41-43,50-61,63,73-75,85-90H,5-37H2,1-4H3,(H,64,79)(H,65,80)(H,66,81)(H,67,82)(H,68,83)(H,69,84)(H,70,76)(H,71,77)(H,72,78). The van der Waals surface area contributed by atoms with E-state index in [1.807, 2.05) is 0 Å². The number of aliphatic hydroxyl groups is 9. The van der Waals surface area contributed by atoms with E-state index in [4.69, 9.17) is 42.6 Å². The summed E-state index contributed by atoms with van der Waals surface area (Å²) in [5.74, 6) is -3.01. The molecule has 0 aromatic carbocycles. The number of amides is 9. The lowest BCUT2D eigenvalue weighted by Gasteiger charge is -2.42. The number of nitrogens with one attached hydrogen (secondary N) is 10. The van der Waals surface area contributed by atoms with Crippen LogP contribution in [0.3, 0.4) is 0 Å². The molecular weight excluding hydrogens is 1320 g/mol. The van der Waals surface area contributed by atoms with E-state index in [9.17, 15) is 89.1 Å². The molecule has 99 heavy (non-hydrogen) atoms. The Morgan fingerprint density at radius 1 is 0.343 bits per heavy atom. The average molecular weight is 1430 g/mol. The smallest absolute Gasteiger partial charge is 0.222 e. The van der Waals surface area contributed by atoms with Crippen LogP contribution in [-0.2, 0) is 85.8 Å². The summed E-state index contributed by atoms with van der Waals surface area (Å²) < 4.78 is 51.5. The van der Waals surface area contributed by atoms with E-state index in [1.165, 1.54) is 20.8 Å². The Kier molecular flexibility index (Phi) is 44.2. The van der Waals surface area contributed by atoms with Crippen LogP contribution in [0.2, 0.25) is 0 Å². The largest absolute Gasteiger partial charge is 0.394 e.